The van der Waals surface area contributed by atoms with Gasteiger partial charge in [-0.15, -0.1) is 0 Å². The Kier molecular flexibility index (Phi) is 7.33. The van der Waals surface area contributed by atoms with Crippen LogP contribution in [0.4, 0.5) is 11.4 Å². The molecule has 0 spiro atoms. The maximum atomic E-state index is 5.52. The molecule has 4 aromatic rings. The predicted molar refractivity (Wildman–Crippen MR) is 159 cm³/mol. The van der Waals surface area contributed by atoms with Crippen molar-refractivity contribution in [3.8, 4) is 28.0 Å². The molecule has 0 fully saturated rings. The van der Waals surface area contributed by atoms with Gasteiger partial charge in [0.15, 0.2) is 0 Å². The van der Waals surface area contributed by atoms with E-state index in [2.05, 4.69) is 136 Å². The van der Waals surface area contributed by atoms with Gasteiger partial charge in [-0.1, -0.05) is 124 Å². The number of methoxy groups -OCH3 is 1. The van der Waals surface area contributed by atoms with E-state index in [4.69, 9.17) is 4.74 Å². The average Bonchev–Trinajstić information content (AvgIpc) is 2.83. The number of para-hydroxylation sites is 1. The van der Waals surface area contributed by atoms with Gasteiger partial charge < -0.3 is 10.1 Å². The van der Waals surface area contributed by atoms with E-state index in [1.165, 1.54) is 22.3 Å². The largest absolute Gasteiger partial charge is 0.497 e. The number of hydrogen-bond donors (Lipinski definition) is 1. The summed E-state index contributed by atoms with van der Waals surface area (Å²) in [7, 11) is 1.69. The molecule has 0 aliphatic carbocycles. The van der Waals surface area contributed by atoms with Crippen LogP contribution in [-0.2, 0) is 10.8 Å². The average molecular weight is 543 g/mol. The molecule has 0 amide bonds. The highest BCUT2D eigenvalue weighted by atomic mass is 79.9. The van der Waals surface area contributed by atoms with Gasteiger partial charge in [0.25, 0.3) is 0 Å². The van der Waals surface area contributed by atoms with Gasteiger partial charge in [-0.3, -0.25) is 0 Å². The molecule has 4 rings (SSSR count). The second kappa shape index (κ2) is 10.1. The Morgan fingerprint density at radius 1 is 0.639 bits per heavy atom. The van der Waals surface area contributed by atoms with Crippen LogP contribution in [0.2, 0.25) is 0 Å². The molecule has 0 aliphatic heterocycles. The monoisotopic (exact) mass is 541 g/mol. The lowest BCUT2D eigenvalue weighted by atomic mass is 9.85. The Balaban J connectivity index is 1.87. The van der Waals surface area contributed by atoms with Crippen LogP contribution in [0.3, 0.4) is 0 Å². The second-order valence-electron chi connectivity index (χ2n) is 11.4. The molecule has 1 N–H and O–H groups in total. The van der Waals surface area contributed by atoms with Crippen molar-refractivity contribution < 1.29 is 4.74 Å². The summed E-state index contributed by atoms with van der Waals surface area (Å²) in [5.74, 6) is 0.801. The van der Waals surface area contributed by atoms with Gasteiger partial charge in [0.05, 0.1) is 12.8 Å². The molecule has 186 valence electrons. The SMILES string of the molecule is COc1cc(Br)cc(Nc2c(-c3ccc(C(C)(C)C)cc3)cccc2-c2ccc(C(C)(C)C)cc2)c1. The first kappa shape index (κ1) is 26.0. The highest BCUT2D eigenvalue weighted by molar-refractivity contribution is 9.10. The molecule has 4 aromatic carbocycles. The number of halogens is 1. The summed E-state index contributed by atoms with van der Waals surface area (Å²) in [6, 6.07) is 30.5. The first-order valence-corrected chi connectivity index (χ1v) is 13.2. The molecule has 36 heavy (non-hydrogen) atoms. The van der Waals surface area contributed by atoms with Crippen molar-refractivity contribution in [2.24, 2.45) is 0 Å². The Labute approximate surface area is 224 Å². The van der Waals surface area contributed by atoms with Crippen LogP contribution in [0.25, 0.3) is 22.3 Å². The summed E-state index contributed by atoms with van der Waals surface area (Å²) in [6.45, 7) is 13.5. The van der Waals surface area contributed by atoms with E-state index in [0.717, 1.165) is 32.7 Å². The Hall–Kier alpha value is -3.04. The van der Waals surface area contributed by atoms with Crippen LogP contribution in [0.5, 0.6) is 5.75 Å². The van der Waals surface area contributed by atoms with Crippen molar-refractivity contribution in [2.45, 2.75) is 52.4 Å². The van der Waals surface area contributed by atoms with Crippen molar-refractivity contribution in [1.82, 2.24) is 0 Å². The Morgan fingerprint density at radius 3 is 1.53 bits per heavy atom. The van der Waals surface area contributed by atoms with Gasteiger partial charge >= 0.3 is 0 Å². The quantitative estimate of drug-likeness (QED) is 0.271. The van der Waals surface area contributed by atoms with E-state index in [9.17, 15) is 0 Å². The fourth-order valence-electron chi connectivity index (χ4n) is 4.36. The normalized spacial score (nSPS) is 11.9. The van der Waals surface area contributed by atoms with E-state index >= 15 is 0 Å². The third-order valence-electron chi connectivity index (χ3n) is 6.56. The van der Waals surface area contributed by atoms with Crippen molar-refractivity contribution >= 4 is 27.3 Å². The van der Waals surface area contributed by atoms with Crippen molar-refractivity contribution in [3.63, 3.8) is 0 Å². The molecule has 0 aliphatic rings. The highest BCUT2D eigenvalue weighted by Gasteiger charge is 2.18. The molecule has 3 heteroatoms. The molecular weight excluding hydrogens is 506 g/mol. The molecule has 0 aromatic heterocycles. The predicted octanol–water partition coefficient (Wildman–Crippen LogP) is 10.1. The smallest absolute Gasteiger partial charge is 0.122 e. The Bertz CT molecular complexity index is 1270. The van der Waals surface area contributed by atoms with Gasteiger partial charge in [-0.25, -0.2) is 0 Å². The standard InChI is InChI=1S/C33H36BrNO/c1-32(2,3)24-15-11-22(12-16-24)29-9-8-10-30(23-13-17-25(18-14-23)33(4,5)6)31(29)35-27-19-26(34)20-28(21-27)36-7/h8-21,35H,1-7H3. The summed E-state index contributed by atoms with van der Waals surface area (Å²) in [4.78, 5) is 0. The van der Waals surface area contributed by atoms with Gasteiger partial charge in [0.1, 0.15) is 5.75 Å². The first-order valence-electron chi connectivity index (χ1n) is 12.4. The summed E-state index contributed by atoms with van der Waals surface area (Å²) >= 11 is 3.63. The molecular formula is C33H36BrNO. The zero-order valence-corrected chi connectivity index (χ0v) is 24.0. The fourth-order valence-corrected chi connectivity index (χ4v) is 4.84. The zero-order valence-electron chi connectivity index (χ0n) is 22.4. The van der Waals surface area contributed by atoms with Gasteiger partial charge in [0.2, 0.25) is 0 Å². The minimum absolute atomic E-state index is 0.114. The molecule has 2 nitrogen and oxygen atoms in total. The van der Waals surface area contributed by atoms with E-state index in [1.54, 1.807) is 7.11 Å². The lowest BCUT2D eigenvalue weighted by molar-refractivity contribution is 0.415. The number of ether oxygens (including phenoxy) is 1. The number of anilines is 2. The number of nitrogens with one attached hydrogen (secondary N) is 1. The number of rotatable bonds is 5. The maximum Gasteiger partial charge on any atom is 0.122 e. The van der Waals surface area contributed by atoms with Crippen LogP contribution in [0.1, 0.15) is 52.7 Å². The van der Waals surface area contributed by atoms with E-state index in [-0.39, 0.29) is 10.8 Å². The number of hydrogen-bond acceptors (Lipinski definition) is 2. The Morgan fingerprint density at radius 2 is 1.11 bits per heavy atom. The second-order valence-corrected chi connectivity index (χ2v) is 12.3. The third-order valence-corrected chi connectivity index (χ3v) is 7.02. The molecule has 0 heterocycles. The zero-order chi connectivity index (χ0) is 26.1. The van der Waals surface area contributed by atoms with Gasteiger partial charge in [0, 0.05) is 27.4 Å². The van der Waals surface area contributed by atoms with E-state index in [1.807, 2.05) is 12.1 Å². The molecule has 0 radical (unpaired) electrons. The van der Waals surface area contributed by atoms with Crippen LogP contribution < -0.4 is 10.1 Å². The minimum Gasteiger partial charge on any atom is -0.497 e. The molecule has 0 saturated heterocycles. The first-order chi connectivity index (χ1) is 17.0. The topological polar surface area (TPSA) is 21.3 Å². The number of benzene rings is 4. The van der Waals surface area contributed by atoms with Gasteiger partial charge in [-0.05, 0) is 45.2 Å². The van der Waals surface area contributed by atoms with Crippen LogP contribution in [0, 0.1) is 0 Å². The summed E-state index contributed by atoms with van der Waals surface area (Å²) in [5, 5.41) is 3.73. The van der Waals surface area contributed by atoms with Crippen molar-refractivity contribution in [3.05, 3.63) is 101 Å². The van der Waals surface area contributed by atoms with E-state index < -0.39 is 0 Å². The lowest BCUT2D eigenvalue weighted by Crippen LogP contribution is -2.10. The summed E-state index contributed by atoms with van der Waals surface area (Å²) in [5.41, 5.74) is 9.60. The van der Waals surface area contributed by atoms with Crippen LogP contribution >= 0.6 is 15.9 Å². The van der Waals surface area contributed by atoms with Crippen molar-refractivity contribution in [2.75, 3.05) is 12.4 Å². The molecule has 0 unspecified atom stereocenters. The van der Waals surface area contributed by atoms with Crippen LogP contribution in [0.15, 0.2) is 89.4 Å². The van der Waals surface area contributed by atoms with Crippen molar-refractivity contribution in [1.29, 1.82) is 0 Å². The minimum atomic E-state index is 0.114. The maximum absolute atomic E-state index is 5.52. The van der Waals surface area contributed by atoms with E-state index in [0.29, 0.717) is 0 Å². The summed E-state index contributed by atoms with van der Waals surface area (Å²) < 4.78 is 6.49. The van der Waals surface area contributed by atoms with Gasteiger partial charge in [-0.2, -0.15) is 0 Å². The van der Waals surface area contributed by atoms with Crippen LogP contribution in [-0.4, -0.2) is 7.11 Å². The molecule has 0 atom stereocenters. The highest BCUT2D eigenvalue weighted by Crippen LogP contribution is 2.41. The third kappa shape index (κ3) is 5.84. The summed E-state index contributed by atoms with van der Waals surface area (Å²) in [6.07, 6.45) is 0. The fraction of sp³-hybridized carbons (Fsp3) is 0.273. The molecule has 0 bridgehead atoms. The molecule has 0 saturated carbocycles. The lowest BCUT2D eigenvalue weighted by Gasteiger charge is -2.22.